The summed E-state index contributed by atoms with van der Waals surface area (Å²) in [5.41, 5.74) is 2.61. The number of nitrogens with one attached hydrogen (secondary N) is 1. The van der Waals surface area contributed by atoms with E-state index in [1.165, 1.54) is 0 Å². The van der Waals surface area contributed by atoms with Crippen LogP contribution in [0.3, 0.4) is 0 Å². The second-order valence-electron chi connectivity index (χ2n) is 5.53. The molecule has 0 radical (unpaired) electrons. The Morgan fingerprint density at radius 3 is 2.70 bits per heavy atom. The summed E-state index contributed by atoms with van der Waals surface area (Å²) >= 11 is 0. The first-order valence-electron chi connectivity index (χ1n) is 7.64. The molecule has 3 heterocycles. The fourth-order valence-electron chi connectivity index (χ4n) is 2.57. The minimum atomic E-state index is -0.133. The maximum absolute atomic E-state index is 12.1. The van der Waals surface area contributed by atoms with Gasteiger partial charge in [-0.3, -0.25) is 4.79 Å². The van der Waals surface area contributed by atoms with Crippen LogP contribution in [0.5, 0.6) is 0 Å². The van der Waals surface area contributed by atoms with Crippen molar-refractivity contribution in [1.29, 1.82) is 0 Å². The van der Waals surface area contributed by atoms with Crippen molar-refractivity contribution in [2.24, 2.45) is 0 Å². The van der Waals surface area contributed by atoms with Gasteiger partial charge in [-0.2, -0.15) is 0 Å². The number of ether oxygens (including phenoxy) is 1. The molecule has 0 aromatic carbocycles. The molecule has 1 amide bonds. The smallest absolute Gasteiger partial charge is 0.230 e. The van der Waals surface area contributed by atoms with E-state index < -0.39 is 0 Å². The molecule has 122 valence electrons. The van der Waals surface area contributed by atoms with Crippen molar-refractivity contribution in [1.82, 2.24) is 10.1 Å². The summed E-state index contributed by atoms with van der Waals surface area (Å²) in [4.78, 5) is 18.7. The molecule has 23 heavy (non-hydrogen) atoms. The lowest BCUT2D eigenvalue weighted by atomic mass is 10.1. The van der Waals surface area contributed by atoms with Crippen molar-refractivity contribution >= 4 is 17.4 Å². The van der Waals surface area contributed by atoms with E-state index in [2.05, 4.69) is 20.4 Å². The molecule has 7 nitrogen and oxygen atoms in total. The van der Waals surface area contributed by atoms with Crippen molar-refractivity contribution in [3.63, 3.8) is 0 Å². The van der Waals surface area contributed by atoms with E-state index in [9.17, 15) is 4.79 Å². The SMILES string of the molecule is Cc1noc(C)c1CC(=O)Nc1ccc(N2CCOCC2)cn1. The third kappa shape index (κ3) is 3.68. The number of morpholine rings is 1. The Labute approximate surface area is 134 Å². The monoisotopic (exact) mass is 316 g/mol. The number of carbonyl (C=O) groups excluding carboxylic acids is 1. The Hall–Kier alpha value is -2.41. The van der Waals surface area contributed by atoms with Gasteiger partial charge in [-0.25, -0.2) is 4.98 Å². The minimum absolute atomic E-state index is 0.133. The number of hydrogen-bond donors (Lipinski definition) is 1. The number of aromatic nitrogens is 2. The van der Waals surface area contributed by atoms with Crippen LogP contribution in [0.25, 0.3) is 0 Å². The largest absolute Gasteiger partial charge is 0.378 e. The molecule has 1 saturated heterocycles. The molecule has 7 heteroatoms. The molecular formula is C16H20N4O3. The molecule has 0 spiro atoms. The lowest BCUT2D eigenvalue weighted by Crippen LogP contribution is -2.36. The number of aryl methyl sites for hydroxylation is 2. The summed E-state index contributed by atoms with van der Waals surface area (Å²) in [6.07, 6.45) is 2.00. The maximum atomic E-state index is 12.1. The Kier molecular flexibility index (Phi) is 4.57. The summed E-state index contributed by atoms with van der Waals surface area (Å²) in [5, 5.41) is 6.66. The van der Waals surface area contributed by atoms with Crippen molar-refractivity contribution in [3.05, 3.63) is 35.3 Å². The van der Waals surface area contributed by atoms with E-state index >= 15 is 0 Å². The third-order valence-corrected chi connectivity index (χ3v) is 3.91. The van der Waals surface area contributed by atoms with Crippen molar-refractivity contribution in [2.75, 3.05) is 36.5 Å². The zero-order valence-corrected chi connectivity index (χ0v) is 13.3. The van der Waals surface area contributed by atoms with Crippen LogP contribution in [0.1, 0.15) is 17.0 Å². The van der Waals surface area contributed by atoms with Gasteiger partial charge in [0.1, 0.15) is 11.6 Å². The van der Waals surface area contributed by atoms with E-state index in [0.717, 1.165) is 43.2 Å². The fourth-order valence-corrected chi connectivity index (χ4v) is 2.57. The van der Waals surface area contributed by atoms with Gasteiger partial charge >= 0.3 is 0 Å². The highest BCUT2D eigenvalue weighted by atomic mass is 16.5. The number of hydrogen-bond acceptors (Lipinski definition) is 6. The van der Waals surface area contributed by atoms with E-state index in [1.807, 2.05) is 19.1 Å². The van der Waals surface area contributed by atoms with Gasteiger partial charge in [-0.15, -0.1) is 0 Å². The number of pyridine rings is 1. The molecule has 0 unspecified atom stereocenters. The average Bonchev–Trinajstić information content (AvgIpc) is 2.88. The molecule has 2 aromatic rings. The van der Waals surface area contributed by atoms with Crippen LogP contribution in [-0.4, -0.2) is 42.4 Å². The summed E-state index contributed by atoms with van der Waals surface area (Å²) in [5.74, 6) is 1.08. The first-order chi connectivity index (χ1) is 11.1. The van der Waals surface area contributed by atoms with Crippen LogP contribution in [-0.2, 0) is 16.0 Å². The highest BCUT2D eigenvalue weighted by molar-refractivity contribution is 5.91. The number of anilines is 2. The Bertz CT molecular complexity index is 656. The van der Waals surface area contributed by atoms with Gasteiger partial charge in [-0.05, 0) is 26.0 Å². The molecule has 3 rings (SSSR count). The Balaban J connectivity index is 1.60. The Morgan fingerprint density at radius 1 is 1.30 bits per heavy atom. The molecule has 1 fully saturated rings. The van der Waals surface area contributed by atoms with Gasteiger partial charge in [0.25, 0.3) is 0 Å². The van der Waals surface area contributed by atoms with E-state index in [0.29, 0.717) is 11.6 Å². The van der Waals surface area contributed by atoms with Crippen LogP contribution >= 0.6 is 0 Å². The molecule has 1 N–H and O–H groups in total. The summed E-state index contributed by atoms with van der Waals surface area (Å²) in [6.45, 7) is 6.82. The summed E-state index contributed by atoms with van der Waals surface area (Å²) in [6, 6.07) is 3.78. The highest BCUT2D eigenvalue weighted by Crippen LogP contribution is 2.17. The second kappa shape index (κ2) is 6.78. The van der Waals surface area contributed by atoms with Crippen LogP contribution in [0.2, 0.25) is 0 Å². The third-order valence-electron chi connectivity index (χ3n) is 3.91. The van der Waals surface area contributed by atoms with Crippen LogP contribution < -0.4 is 10.2 Å². The normalized spacial score (nSPS) is 14.8. The van der Waals surface area contributed by atoms with Gasteiger partial charge in [0.05, 0.1) is 37.2 Å². The predicted octanol–water partition coefficient (Wildman–Crippen LogP) is 1.70. The second-order valence-corrected chi connectivity index (χ2v) is 5.53. The van der Waals surface area contributed by atoms with Gasteiger partial charge < -0.3 is 19.5 Å². The highest BCUT2D eigenvalue weighted by Gasteiger charge is 2.15. The van der Waals surface area contributed by atoms with Crippen LogP contribution in [0, 0.1) is 13.8 Å². The Morgan fingerprint density at radius 2 is 2.09 bits per heavy atom. The topological polar surface area (TPSA) is 80.5 Å². The van der Waals surface area contributed by atoms with Crippen LogP contribution in [0.4, 0.5) is 11.5 Å². The number of amides is 1. The van der Waals surface area contributed by atoms with Crippen LogP contribution in [0.15, 0.2) is 22.9 Å². The van der Waals surface area contributed by atoms with Crippen molar-refractivity contribution in [3.8, 4) is 0 Å². The molecular weight excluding hydrogens is 296 g/mol. The van der Waals surface area contributed by atoms with Crippen molar-refractivity contribution < 1.29 is 14.1 Å². The maximum Gasteiger partial charge on any atom is 0.230 e. The fraction of sp³-hybridized carbons (Fsp3) is 0.438. The van der Waals surface area contributed by atoms with Crippen molar-refractivity contribution in [2.45, 2.75) is 20.3 Å². The zero-order valence-electron chi connectivity index (χ0n) is 13.3. The molecule has 1 aliphatic heterocycles. The molecule has 0 atom stereocenters. The number of carbonyl (C=O) groups is 1. The lowest BCUT2D eigenvalue weighted by molar-refractivity contribution is -0.115. The zero-order chi connectivity index (χ0) is 16.2. The molecule has 0 saturated carbocycles. The van der Waals surface area contributed by atoms with E-state index in [1.54, 1.807) is 13.1 Å². The first kappa shape index (κ1) is 15.5. The van der Waals surface area contributed by atoms with E-state index in [4.69, 9.17) is 9.26 Å². The average molecular weight is 316 g/mol. The summed E-state index contributed by atoms with van der Waals surface area (Å²) in [7, 11) is 0. The standard InChI is InChI=1S/C16H20N4O3/c1-11-14(12(2)23-19-11)9-16(21)18-15-4-3-13(10-17-15)20-5-7-22-8-6-20/h3-4,10H,5-9H2,1-2H3,(H,17,18,21). The predicted molar refractivity (Wildman–Crippen MR) is 85.6 cm³/mol. The molecule has 0 aliphatic carbocycles. The van der Waals surface area contributed by atoms with E-state index in [-0.39, 0.29) is 12.3 Å². The van der Waals surface area contributed by atoms with Gasteiger partial charge in [0.15, 0.2) is 0 Å². The molecule has 0 bridgehead atoms. The minimum Gasteiger partial charge on any atom is -0.378 e. The number of rotatable bonds is 4. The molecule has 1 aliphatic rings. The number of nitrogens with zero attached hydrogens (tertiary/aromatic N) is 3. The molecule has 2 aromatic heterocycles. The summed E-state index contributed by atoms with van der Waals surface area (Å²) < 4.78 is 10.4. The lowest BCUT2D eigenvalue weighted by Gasteiger charge is -2.28. The first-order valence-corrected chi connectivity index (χ1v) is 7.64. The van der Waals surface area contributed by atoms with Gasteiger partial charge in [0, 0.05) is 18.7 Å². The van der Waals surface area contributed by atoms with Gasteiger partial charge in [-0.1, -0.05) is 5.16 Å². The quantitative estimate of drug-likeness (QED) is 0.925. The van der Waals surface area contributed by atoms with Gasteiger partial charge in [0.2, 0.25) is 5.91 Å².